The maximum absolute atomic E-state index is 12.8. The van der Waals surface area contributed by atoms with Gasteiger partial charge in [-0.1, -0.05) is 28.1 Å². The third kappa shape index (κ3) is 3.68. The minimum atomic E-state index is -4.44. The van der Waals surface area contributed by atoms with Crippen molar-refractivity contribution in [3.63, 3.8) is 0 Å². The van der Waals surface area contributed by atoms with Gasteiger partial charge in [-0.25, -0.2) is 4.79 Å². The lowest BCUT2D eigenvalue weighted by Crippen LogP contribution is -2.07. The van der Waals surface area contributed by atoms with Crippen LogP contribution in [0.1, 0.15) is 22.8 Å². The quantitative estimate of drug-likeness (QED) is 0.682. The van der Waals surface area contributed by atoms with Crippen LogP contribution in [0.25, 0.3) is 11.1 Å². The zero-order valence-corrected chi connectivity index (χ0v) is 13.2. The monoisotopic (exact) mass is 372 g/mol. The van der Waals surface area contributed by atoms with E-state index in [1.807, 2.05) is 0 Å². The summed E-state index contributed by atoms with van der Waals surface area (Å²) in [7, 11) is 0. The molecule has 0 atom stereocenters. The van der Waals surface area contributed by atoms with E-state index >= 15 is 0 Å². The summed E-state index contributed by atoms with van der Waals surface area (Å²) >= 11 is 3.27. The molecule has 0 bridgehead atoms. The minimum absolute atomic E-state index is 0.191. The van der Waals surface area contributed by atoms with Crippen molar-refractivity contribution >= 4 is 21.9 Å². The smallest absolute Gasteiger partial charge is 0.416 e. The number of ether oxygens (including phenoxy) is 1. The van der Waals surface area contributed by atoms with Gasteiger partial charge in [0, 0.05) is 4.47 Å². The summed E-state index contributed by atoms with van der Waals surface area (Å²) in [6.07, 6.45) is -4.44. The number of hydrogen-bond acceptors (Lipinski definition) is 2. The first-order valence-electron chi connectivity index (χ1n) is 6.47. The van der Waals surface area contributed by atoms with Crippen LogP contribution in [-0.2, 0) is 10.9 Å². The number of carbonyl (C=O) groups is 1. The lowest BCUT2D eigenvalue weighted by molar-refractivity contribution is -0.137. The largest absolute Gasteiger partial charge is 0.462 e. The molecule has 0 fully saturated rings. The van der Waals surface area contributed by atoms with Crippen molar-refractivity contribution in [2.24, 2.45) is 0 Å². The van der Waals surface area contributed by atoms with Gasteiger partial charge in [0.2, 0.25) is 0 Å². The molecule has 22 heavy (non-hydrogen) atoms. The van der Waals surface area contributed by atoms with Crippen LogP contribution in [-0.4, -0.2) is 12.6 Å². The van der Waals surface area contributed by atoms with E-state index in [2.05, 4.69) is 15.9 Å². The van der Waals surface area contributed by atoms with E-state index in [4.69, 9.17) is 4.74 Å². The summed E-state index contributed by atoms with van der Waals surface area (Å²) in [6.45, 7) is 1.86. The van der Waals surface area contributed by atoms with Crippen LogP contribution < -0.4 is 0 Å². The maximum Gasteiger partial charge on any atom is 0.416 e. The van der Waals surface area contributed by atoms with Crippen molar-refractivity contribution in [2.75, 3.05) is 6.61 Å². The summed E-state index contributed by atoms with van der Waals surface area (Å²) in [6, 6.07) is 9.62. The van der Waals surface area contributed by atoms with Gasteiger partial charge in [0.25, 0.3) is 0 Å². The van der Waals surface area contributed by atoms with E-state index < -0.39 is 17.7 Å². The highest BCUT2D eigenvalue weighted by Gasteiger charge is 2.30. The number of benzene rings is 2. The summed E-state index contributed by atoms with van der Waals surface area (Å²) in [5.74, 6) is -0.567. The van der Waals surface area contributed by atoms with E-state index in [0.29, 0.717) is 15.6 Å². The standard InChI is InChI=1S/C16H12BrF3O2/c1-2-22-15(21)13-7-6-12(17)9-14(13)10-4-3-5-11(8-10)16(18,19)20/h3-9H,2H2,1H3. The summed E-state index contributed by atoms with van der Waals surface area (Å²) < 4.78 is 44.1. The van der Waals surface area contributed by atoms with E-state index in [-0.39, 0.29) is 12.2 Å². The van der Waals surface area contributed by atoms with Gasteiger partial charge in [-0.15, -0.1) is 0 Å². The predicted molar refractivity (Wildman–Crippen MR) is 80.5 cm³/mol. The summed E-state index contributed by atoms with van der Waals surface area (Å²) in [5.41, 5.74) is 0.155. The molecule has 0 aliphatic heterocycles. The van der Waals surface area contributed by atoms with Gasteiger partial charge >= 0.3 is 12.1 Å². The molecule has 2 nitrogen and oxygen atoms in total. The number of esters is 1. The molecule has 0 radical (unpaired) electrons. The molecule has 0 aliphatic rings. The maximum atomic E-state index is 12.8. The fourth-order valence-electron chi connectivity index (χ4n) is 2.01. The van der Waals surface area contributed by atoms with Crippen molar-refractivity contribution in [2.45, 2.75) is 13.1 Å². The molecule has 0 N–H and O–H groups in total. The molecule has 2 rings (SSSR count). The van der Waals surface area contributed by atoms with Gasteiger partial charge in [-0.2, -0.15) is 13.2 Å². The van der Waals surface area contributed by atoms with Crippen LogP contribution >= 0.6 is 15.9 Å². The van der Waals surface area contributed by atoms with Gasteiger partial charge in [0.1, 0.15) is 0 Å². The van der Waals surface area contributed by atoms with Crippen LogP contribution in [0.5, 0.6) is 0 Å². The van der Waals surface area contributed by atoms with E-state index in [1.165, 1.54) is 18.2 Å². The zero-order chi connectivity index (χ0) is 16.3. The van der Waals surface area contributed by atoms with Crippen LogP contribution in [0, 0.1) is 0 Å². The van der Waals surface area contributed by atoms with Crippen molar-refractivity contribution in [3.05, 3.63) is 58.1 Å². The van der Waals surface area contributed by atoms with E-state index in [0.717, 1.165) is 12.1 Å². The Morgan fingerprint density at radius 3 is 2.55 bits per heavy atom. The molecule has 0 saturated heterocycles. The number of hydrogen-bond donors (Lipinski definition) is 0. The molecule has 0 aliphatic carbocycles. The Morgan fingerprint density at radius 1 is 1.18 bits per heavy atom. The number of carbonyl (C=O) groups excluding carboxylic acids is 1. The first kappa shape index (κ1) is 16.5. The van der Waals surface area contributed by atoms with E-state index in [9.17, 15) is 18.0 Å². The van der Waals surface area contributed by atoms with Crippen molar-refractivity contribution in [1.82, 2.24) is 0 Å². The minimum Gasteiger partial charge on any atom is -0.462 e. The normalized spacial score (nSPS) is 11.3. The number of alkyl halides is 3. The number of rotatable bonds is 3. The second-order valence-corrected chi connectivity index (χ2v) is 5.40. The highest BCUT2D eigenvalue weighted by Crippen LogP contribution is 2.34. The topological polar surface area (TPSA) is 26.3 Å². The van der Waals surface area contributed by atoms with E-state index in [1.54, 1.807) is 19.1 Å². The Morgan fingerprint density at radius 2 is 1.91 bits per heavy atom. The third-order valence-corrected chi connectivity index (χ3v) is 3.47. The fourth-order valence-corrected chi connectivity index (χ4v) is 2.37. The second kappa shape index (κ2) is 6.52. The molecule has 0 heterocycles. The first-order valence-corrected chi connectivity index (χ1v) is 7.26. The Hall–Kier alpha value is -1.82. The molecule has 6 heteroatoms. The molecule has 0 saturated carbocycles. The van der Waals surface area contributed by atoms with Crippen LogP contribution in [0.3, 0.4) is 0 Å². The molecule has 0 unspecified atom stereocenters. The van der Waals surface area contributed by atoms with Gasteiger partial charge < -0.3 is 4.74 Å². The highest BCUT2D eigenvalue weighted by atomic mass is 79.9. The predicted octanol–water partition coefficient (Wildman–Crippen LogP) is 5.31. The summed E-state index contributed by atoms with van der Waals surface area (Å²) in [4.78, 5) is 12.0. The Balaban J connectivity index is 2.57. The highest BCUT2D eigenvalue weighted by molar-refractivity contribution is 9.10. The van der Waals surface area contributed by atoms with Gasteiger partial charge in [0.15, 0.2) is 0 Å². The molecule has 2 aromatic rings. The average molecular weight is 373 g/mol. The van der Waals surface area contributed by atoms with Crippen molar-refractivity contribution in [3.8, 4) is 11.1 Å². The lowest BCUT2D eigenvalue weighted by atomic mass is 9.98. The third-order valence-electron chi connectivity index (χ3n) is 2.98. The van der Waals surface area contributed by atoms with Crippen LogP contribution in [0.15, 0.2) is 46.9 Å². The molecule has 2 aromatic carbocycles. The second-order valence-electron chi connectivity index (χ2n) is 4.49. The SMILES string of the molecule is CCOC(=O)c1ccc(Br)cc1-c1cccc(C(F)(F)F)c1. The molecule has 0 spiro atoms. The van der Waals surface area contributed by atoms with Crippen LogP contribution in [0.4, 0.5) is 13.2 Å². The Labute approximate surface area is 134 Å². The lowest BCUT2D eigenvalue weighted by Gasteiger charge is -2.12. The van der Waals surface area contributed by atoms with Crippen molar-refractivity contribution < 1.29 is 22.7 Å². The number of halogens is 4. The van der Waals surface area contributed by atoms with Gasteiger partial charge in [0.05, 0.1) is 17.7 Å². The molecule has 0 amide bonds. The van der Waals surface area contributed by atoms with Gasteiger partial charge in [-0.3, -0.25) is 0 Å². The Kier molecular flexibility index (Phi) is 4.90. The molecular weight excluding hydrogens is 361 g/mol. The molecule has 0 aromatic heterocycles. The summed E-state index contributed by atoms with van der Waals surface area (Å²) in [5, 5.41) is 0. The molecule has 116 valence electrons. The zero-order valence-electron chi connectivity index (χ0n) is 11.6. The van der Waals surface area contributed by atoms with Gasteiger partial charge in [-0.05, 0) is 48.4 Å². The van der Waals surface area contributed by atoms with Crippen molar-refractivity contribution in [1.29, 1.82) is 0 Å². The average Bonchev–Trinajstić information content (AvgIpc) is 2.46. The van der Waals surface area contributed by atoms with Crippen LogP contribution in [0.2, 0.25) is 0 Å². The first-order chi connectivity index (χ1) is 10.3. The fraction of sp³-hybridized carbons (Fsp3) is 0.188. The molecular formula is C16H12BrF3O2. The Bertz CT molecular complexity index is 696.